The lowest BCUT2D eigenvalue weighted by atomic mass is 10.0. The second kappa shape index (κ2) is 8.58. The highest BCUT2D eigenvalue weighted by Gasteiger charge is 2.13. The van der Waals surface area contributed by atoms with Crippen molar-refractivity contribution in [2.24, 2.45) is 0 Å². The molecule has 3 aromatic carbocycles. The van der Waals surface area contributed by atoms with Crippen LogP contribution in [-0.4, -0.2) is 9.97 Å². The van der Waals surface area contributed by atoms with Gasteiger partial charge in [0.15, 0.2) is 0 Å². The molecule has 0 saturated heterocycles. The molecule has 4 nitrogen and oxygen atoms in total. The SMILES string of the molecule is Cc1ccc(-c2csc3ncnc(Nc4ccc(OCc5ccccc5)cc4)c23)cc1. The van der Waals surface area contributed by atoms with Gasteiger partial charge >= 0.3 is 0 Å². The van der Waals surface area contributed by atoms with E-state index in [-0.39, 0.29) is 0 Å². The van der Waals surface area contributed by atoms with E-state index in [0.717, 1.165) is 38.6 Å². The zero-order chi connectivity index (χ0) is 21.0. The maximum absolute atomic E-state index is 5.89. The molecule has 0 radical (unpaired) electrons. The summed E-state index contributed by atoms with van der Waals surface area (Å²) in [6.45, 7) is 2.65. The Balaban J connectivity index is 1.38. The third-order valence-electron chi connectivity index (χ3n) is 5.10. The number of aromatic nitrogens is 2. The second-order valence-electron chi connectivity index (χ2n) is 7.34. The van der Waals surface area contributed by atoms with Crippen LogP contribution in [0.1, 0.15) is 11.1 Å². The van der Waals surface area contributed by atoms with E-state index >= 15 is 0 Å². The Morgan fingerprint density at radius 2 is 1.65 bits per heavy atom. The van der Waals surface area contributed by atoms with E-state index in [1.54, 1.807) is 17.7 Å². The van der Waals surface area contributed by atoms with Gasteiger partial charge in [0.05, 0.1) is 5.39 Å². The normalized spacial score (nSPS) is 10.9. The zero-order valence-electron chi connectivity index (χ0n) is 17.1. The summed E-state index contributed by atoms with van der Waals surface area (Å²) >= 11 is 1.63. The quantitative estimate of drug-likeness (QED) is 0.320. The van der Waals surface area contributed by atoms with E-state index in [1.807, 2.05) is 42.5 Å². The van der Waals surface area contributed by atoms with Crippen molar-refractivity contribution >= 4 is 33.1 Å². The average molecular weight is 424 g/mol. The number of nitrogens with zero attached hydrogens (tertiary/aromatic N) is 2. The highest BCUT2D eigenvalue weighted by atomic mass is 32.1. The van der Waals surface area contributed by atoms with Crippen molar-refractivity contribution in [1.82, 2.24) is 9.97 Å². The lowest BCUT2D eigenvalue weighted by Gasteiger charge is -2.10. The van der Waals surface area contributed by atoms with Crippen molar-refractivity contribution in [1.29, 1.82) is 0 Å². The van der Waals surface area contributed by atoms with Crippen molar-refractivity contribution < 1.29 is 4.74 Å². The molecular formula is C26H21N3OS. The van der Waals surface area contributed by atoms with Gasteiger partial charge in [-0.3, -0.25) is 0 Å². The Labute approximate surface area is 185 Å². The number of aryl methyl sites for hydroxylation is 1. The topological polar surface area (TPSA) is 47.0 Å². The fourth-order valence-corrected chi connectivity index (χ4v) is 4.34. The molecule has 1 N–H and O–H groups in total. The number of ether oxygens (including phenoxy) is 1. The summed E-state index contributed by atoms with van der Waals surface area (Å²) in [5.74, 6) is 1.64. The van der Waals surface area contributed by atoms with E-state index in [1.165, 1.54) is 11.1 Å². The number of hydrogen-bond donors (Lipinski definition) is 1. The molecule has 152 valence electrons. The Morgan fingerprint density at radius 3 is 2.42 bits per heavy atom. The summed E-state index contributed by atoms with van der Waals surface area (Å²) in [7, 11) is 0. The Hall–Kier alpha value is -3.70. The van der Waals surface area contributed by atoms with Crippen molar-refractivity contribution in [2.75, 3.05) is 5.32 Å². The van der Waals surface area contributed by atoms with Crippen LogP contribution < -0.4 is 10.1 Å². The van der Waals surface area contributed by atoms with E-state index < -0.39 is 0 Å². The Morgan fingerprint density at radius 1 is 0.871 bits per heavy atom. The molecule has 5 aromatic rings. The standard InChI is InChI=1S/C26H21N3OS/c1-18-7-9-20(10-8-18)23-16-31-26-24(23)25(27-17-28-26)29-21-11-13-22(14-12-21)30-15-19-5-3-2-4-6-19/h2-14,16-17H,15H2,1H3,(H,27,28,29). The molecule has 2 aromatic heterocycles. The largest absolute Gasteiger partial charge is 0.489 e. The smallest absolute Gasteiger partial charge is 0.143 e. The number of anilines is 2. The first-order chi connectivity index (χ1) is 15.3. The summed E-state index contributed by atoms with van der Waals surface area (Å²) in [4.78, 5) is 9.96. The van der Waals surface area contributed by atoms with Crippen LogP contribution in [0.3, 0.4) is 0 Å². The summed E-state index contributed by atoms with van der Waals surface area (Å²) in [6.07, 6.45) is 1.61. The van der Waals surface area contributed by atoms with Gasteiger partial charge in [-0.2, -0.15) is 0 Å². The lowest BCUT2D eigenvalue weighted by molar-refractivity contribution is 0.306. The van der Waals surface area contributed by atoms with Gasteiger partial charge in [0, 0.05) is 16.6 Å². The monoisotopic (exact) mass is 423 g/mol. The third-order valence-corrected chi connectivity index (χ3v) is 5.98. The predicted molar refractivity (Wildman–Crippen MR) is 128 cm³/mol. The fraction of sp³-hybridized carbons (Fsp3) is 0.0769. The summed E-state index contributed by atoms with van der Waals surface area (Å²) in [6, 6.07) is 26.7. The summed E-state index contributed by atoms with van der Waals surface area (Å²) in [5, 5.41) is 6.65. The van der Waals surface area contributed by atoms with Gasteiger partial charge in [-0.15, -0.1) is 11.3 Å². The van der Waals surface area contributed by atoms with Gasteiger partial charge in [0.2, 0.25) is 0 Å². The second-order valence-corrected chi connectivity index (χ2v) is 8.20. The van der Waals surface area contributed by atoms with Gasteiger partial charge < -0.3 is 10.1 Å². The summed E-state index contributed by atoms with van der Waals surface area (Å²) in [5.41, 5.74) is 5.65. The molecule has 0 aliphatic carbocycles. The number of nitrogens with one attached hydrogen (secondary N) is 1. The molecule has 0 unspecified atom stereocenters. The van der Waals surface area contributed by atoms with E-state index in [2.05, 4.69) is 64.0 Å². The lowest BCUT2D eigenvalue weighted by Crippen LogP contribution is -1.97. The minimum absolute atomic E-state index is 0.551. The molecular weight excluding hydrogens is 402 g/mol. The van der Waals surface area contributed by atoms with Crippen LogP contribution in [0.15, 0.2) is 90.6 Å². The molecule has 0 amide bonds. The van der Waals surface area contributed by atoms with Gasteiger partial charge in [0.25, 0.3) is 0 Å². The minimum atomic E-state index is 0.551. The zero-order valence-corrected chi connectivity index (χ0v) is 17.9. The van der Waals surface area contributed by atoms with Gasteiger partial charge in [-0.05, 0) is 42.3 Å². The molecule has 0 aliphatic heterocycles. The predicted octanol–water partition coefficient (Wildman–Crippen LogP) is 6.99. The molecule has 0 saturated carbocycles. The van der Waals surface area contributed by atoms with Gasteiger partial charge in [0.1, 0.15) is 29.3 Å². The van der Waals surface area contributed by atoms with Crippen LogP contribution in [-0.2, 0) is 6.61 Å². The first-order valence-corrected chi connectivity index (χ1v) is 11.0. The minimum Gasteiger partial charge on any atom is -0.489 e. The number of fused-ring (bicyclic) bond motifs is 1. The van der Waals surface area contributed by atoms with Crippen LogP contribution in [0.25, 0.3) is 21.3 Å². The molecule has 31 heavy (non-hydrogen) atoms. The first-order valence-electron chi connectivity index (χ1n) is 10.1. The fourth-order valence-electron chi connectivity index (χ4n) is 3.43. The first kappa shape index (κ1) is 19.3. The van der Waals surface area contributed by atoms with Crippen LogP contribution in [0.5, 0.6) is 5.75 Å². The van der Waals surface area contributed by atoms with Gasteiger partial charge in [-0.1, -0.05) is 60.2 Å². The van der Waals surface area contributed by atoms with Crippen molar-refractivity contribution in [3.05, 3.63) is 102 Å². The van der Waals surface area contributed by atoms with Crippen LogP contribution >= 0.6 is 11.3 Å². The van der Waals surface area contributed by atoms with Crippen molar-refractivity contribution in [3.8, 4) is 16.9 Å². The highest BCUT2D eigenvalue weighted by Crippen LogP contribution is 2.37. The maximum Gasteiger partial charge on any atom is 0.143 e. The number of hydrogen-bond acceptors (Lipinski definition) is 5. The molecule has 0 bridgehead atoms. The number of rotatable bonds is 6. The molecule has 0 atom stereocenters. The molecule has 0 aliphatic rings. The summed E-state index contributed by atoms with van der Waals surface area (Å²) < 4.78 is 5.89. The Bertz CT molecular complexity index is 1300. The average Bonchev–Trinajstić information content (AvgIpc) is 3.25. The molecule has 5 heteroatoms. The van der Waals surface area contributed by atoms with Crippen LogP contribution in [0, 0.1) is 6.92 Å². The number of thiophene rings is 1. The van der Waals surface area contributed by atoms with E-state index in [0.29, 0.717) is 6.61 Å². The van der Waals surface area contributed by atoms with E-state index in [4.69, 9.17) is 4.74 Å². The van der Waals surface area contributed by atoms with Crippen molar-refractivity contribution in [2.45, 2.75) is 13.5 Å². The third kappa shape index (κ3) is 4.27. The van der Waals surface area contributed by atoms with Crippen LogP contribution in [0.4, 0.5) is 11.5 Å². The molecule has 0 fully saturated rings. The highest BCUT2D eigenvalue weighted by molar-refractivity contribution is 7.17. The van der Waals surface area contributed by atoms with Crippen molar-refractivity contribution in [3.63, 3.8) is 0 Å². The Kier molecular flexibility index (Phi) is 5.33. The molecule has 0 spiro atoms. The van der Waals surface area contributed by atoms with E-state index in [9.17, 15) is 0 Å². The van der Waals surface area contributed by atoms with Crippen LogP contribution in [0.2, 0.25) is 0 Å². The molecule has 5 rings (SSSR count). The maximum atomic E-state index is 5.89. The number of benzene rings is 3. The molecule has 2 heterocycles. The van der Waals surface area contributed by atoms with Gasteiger partial charge in [-0.25, -0.2) is 9.97 Å².